The van der Waals surface area contributed by atoms with Gasteiger partial charge in [-0.1, -0.05) is 36.6 Å². The minimum absolute atomic E-state index is 0.221. The highest BCUT2D eigenvalue weighted by Crippen LogP contribution is 2.29. The molecule has 7 heteroatoms. The third-order valence-corrected chi connectivity index (χ3v) is 4.00. The summed E-state index contributed by atoms with van der Waals surface area (Å²) in [6, 6.07) is 1.56. The lowest BCUT2D eigenvalue weighted by molar-refractivity contribution is 0.0898. The second-order valence-corrected chi connectivity index (χ2v) is 5.51. The molecule has 3 N–H and O–H groups in total. The van der Waals surface area contributed by atoms with Gasteiger partial charge in [0.15, 0.2) is 11.5 Å². The number of ether oxygens (including phenoxy) is 1. The second-order valence-electron chi connectivity index (χ2n) is 5.07. The maximum atomic E-state index is 12.3. The summed E-state index contributed by atoms with van der Waals surface area (Å²) in [4.78, 5) is 12.6. The van der Waals surface area contributed by atoms with Gasteiger partial charge in [0.1, 0.15) is 6.61 Å². The molecule has 0 spiro atoms. The molecule has 1 aromatic heterocycles. The number of aromatic nitrogens is 1. The molecule has 1 fully saturated rings. The van der Waals surface area contributed by atoms with Gasteiger partial charge < -0.3 is 20.3 Å². The van der Waals surface area contributed by atoms with Crippen LogP contribution >= 0.6 is 12.2 Å². The van der Waals surface area contributed by atoms with Crippen molar-refractivity contribution >= 4 is 23.1 Å². The van der Waals surface area contributed by atoms with Gasteiger partial charge in [-0.25, -0.2) is 0 Å². The molecule has 110 valence electrons. The summed E-state index contributed by atoms with van der Waals surface area (Å²) in [5.74, 6) is 0.191. The Morgan fingerprint density at radius 2 is 2.25 bits per heavy atom. The average molecular weight is 297 g/mol. The van der Waals surface area contributed by atoms with Crippen molar-refractivity contribution in [3.63, 3.8) is 0 Å². The SMILES string of the molecule is COCc1cc(C(=O)NC2(C(N)=S)CCCCC2)no1. The number of rotatable bonds is 5. The van der Waals surface area contributed by atoms with Gasteiger partial charge in [-0.15, -0.1) is 0 Å². The Balaban J connectivity index is 2.09. The van der Waals surface area contributed by atoms with E-state index in [0.29, 0.717) is 10.7 Å². The van der Waals surface area contributed by atoms with Crippen molar-refractivity contribution in [2.45, 2.75) is 44.2 Å². The quantitative estimate of drug-likeness (QED) is 0.801. The first-order valence-corrected chi connectivity index (χ1v) is 7.05. The summed E-state index contributed by atoms with van der Waals surface area (Å²) in [5, 5.41) is 6.67. The number of hydrogen-bond acceptors (Lipinski definition) is 5. The first-order chi connectivity index (χ1) is 9.57. The fourth-order valence-electron chi connectivity index (χ4n) is 2.50. The van der Waals surface area contributed by atoms with Gasteiger partial charge in [0.05, 0.1) is 10.5 Å². The Morgan fingerprint density at radius 3 is 2.85 bits per heavy atom. The number of thiocarbonyl (C=S) groups is 1. The topological polar surface area (TPSA) is 90.4 Å². The monoisotopic (exact) mass is 297 g/mol. The average Bonchev–Trinajstić information content (AvgIpc) is 2.89. The molecule has 0 aromatic carbocycles. The van der Waals surface area contributed by atoms with Gasteiger partial charge >= 0.3 is 0 Å². The van der Waals surface area contributed by atoms with Crippen molar-refractivity contribution in [1.82, 2.24) is 10.5 Å². The first-order valence-electron chi connectivity index (χ1n) is 6.64. The maximum absolute atomic E-state index is 12.3. The third-order valence-electron chi connectivity index (χ3n) is 3.61. The number of hydrogen-bond donors (Lipinski definition) is 2. The summed E-state index contributed by atoms with van der Waals surface area (Å²) in [5.41, 5.74) is 5.46. The molecular formula is C13H19N3O3S. The Labute approximate surface area is 123 Å². The second kappa shape index (κ2) is 6.32. The van der Waals surface area contributed by atoms with Crippen molar-refractivity contribution in [3.05, 3.63) is 17.5 Å². The molecule has 0 bridgehead atoms. The maximum Gasteiger partial charge on any atom is 0.274 e. The summed E-state index contributed by atoms with van der Waals surface area (Å²) < 4.78 is 9.93. The summed E-state index contributed by atoms with van der Waals surface area (Å²) in [7, 11) is 1.55. The van der Waals surface area contributed by atoms with Crippen molar-refractivity contribution in [3.8, 4) is 0 Å². The first kappa shape index (κ1) is 14.9. The molecule has 1 aliphatic rings. The molecule has 0 saturated heterocycles. The van der Waals surface area contributed by atoms with Crippen LogP contribution in [0.2, 0.25) is 0 Å². The normalized spacial score (nSPS) is 17.6. The lowest BCUT2D eigenvalue weighted by Crippen LogP contribution is -2.57. The predicted molar refractivity (Wildman–Crippen MR) is 77.3 cm³/mol. The number of nitrogens with two attached hydrogens (primary N) is 1. The minimum Gasteiger partial charge on any atom is -0.391 e. The van der Waals surface area contributed by atoms with Crippen LogP contribution in [0.25, 0.3) is 0 Å². The van der Waals surface area contributed by atoms with Crippen molar-refractivity contribution in [2.24, 2.45) is 5.73 Å². The van der Waals surface area contributed by atoms with Crippen LogP contribution in [0.4, 0.5) is 0 Å². The highest BCUT2D eigenvalue weighted by molar-refractivity contribution is 7.80. The van der Waals surface area contributed by atoms with Crippen LogP contribution in [0, 0.1) is 0 Å². The summed E-state index contributed by atoms with van der Waals surface area (Å²) >= 11 is 5.14. The van der Waals surface area contributed by atoms with Crippen LogP contribution in [-0.2, 0) is 11.3 Å². The lowest BCUT2D eigenvalue weighted by atomic mass is 9.81. The molecule has 0 unspecified atom stereocenters. The minimum atomic E-state index is -0.592. The van der Waals surface area contributed by atoms with Crippen molar-refractivity contribution in [2.75, 3.05) is 7.11 Å². The zero-order chi connectivity index (χ0) is 14.6. The smallest absolute Gasteiger partial charge is 0.274 e. The van der Waals surface area contributed by atoms with E-state index in [1.165, 1.54) is 0 Å². The third kappa shape index (κ3) is 3.16. The summed E-state index contributed by atoms with van der Waals surface area (Å²) in [6.45, 7) is 0.278. The molecule has 0 atom stereocenters. The number of carbonyl (C=O) groups is 1. The number of amides is 1. The number of nitrogens with zero attached hydrogens (tertiary/aromatic N) is 1. The molecule has 6 nitrogen and oxygen atoms in total. The molecule has 1 aromatic rings. The molecule has 1 amide bonds. The van der Waals surface area contributed by atoms with Gasteiger partial charge in [-0.3, -0.25) is 4.79 Å². The van der Waals surface area contributed by atoms with E-state index >= 15 is 0 Å². The van der Waals surface area contributed by atoms with E-state index in [1.54, 1.807) is 13.2 Å². The van der Waals surface area contributed by atoms with E-state index in [4.69, 9.17) is 27.2 Å². The van der Waals surface area contributed by atoms with E-state index in [1.807, 2.05) is 0 Å². The van der Waals surface area contributed by atoms with E-state index in [2.05, 4.69) is 10.5 Å². The van der Waals surface area contributed by atoms with Crippen LogP contribution in [0.3, 0.4) is 0 Å². The highest BCUT2D eigenvalue weighted by atomic mass is 32.1. The highest BCUT2D eigenvalue weighted by Gasteiger charge is 2.37. The lowest BCUT2D eigenvalue weighted by Gasteiger charge is -2.36. The molecule has 2 rings (SSSR count). The van der Waals surface area contributed by atoms with Crippen LogP contribution < -0.4 is 11.1 Å². The van der Waals surface area contributed by atoms with Crippen LogP contribution in [0.5, 0.6) is 0 Å². The zero-order valence-corrected chi connectivity index (χ0v) is 12.3. The van der Waals surface area contributed by atoms with E-state index in [9.17, 15) is 4.79 Å². The zero-order valence-electron chi connectivity index (χ0n) is 11.5. The Morgan fingerprint density at radius 1 is 1.55 bits per heavy atom. The van der Waals surface area contributed by atoms with Gasteiger partial charge in [-0.2, -0.15) is 0 Å². The molecule has 1 aliphatic carbocycles. The Bertz CT molecular complexity index is 495. The van der Waals surface area contributed by atoms with E-state index in [0.717, 1.165) is 32.1 Å². The van der Waals surface area contributed by atoms with Gasteiger partial charge in [-0.05, 0) is 12.8 Å². The van der Waals surface area contributed by atoms with E-state index in [-0.39, 0.29) is 18.2 Å². The number of nitrogens with one attached hydrogen (secondary N) is 1. The summed E-state index contributed by atoms with van der Waals surface area (Å²) in [6.07, 6.45) is 4.70. The van der Waals surface area contributed by atoms with Crippen molar-refractivity contribution < 1.29 is 14.1 Å². The standard InChI is InChI=1S/C13H19N3O3S/c1-18-8-9-7-10(16-19-9)11(17)15-13(12(14)20)5-3-2-4-6-13/h7H,2-6,8H2,1H3,(H2,14,20)(H,15,17). The molecule has 1 saturated carbocycles. The van der Waals surface area contributed by atoms with E-state index < -0.39 is 5.54 Å². The fourth-order valence-corrected chi connectivity index (χ4v) is 2.76. The largest absolute Gasteiger partial charge is 0.391 e. The van der Waals surface area contributed by atoms with Gasteiger partial charge in [0.2, 0.25) is 0 Å². The predicted octanol–water partition coefficient (Wildman–Crippen LogP) is 1.54. The molecule has 20 heavy (non-hydrogen) atoms. The van der Waals surface area contributed by atoms with Crippen LogP contribution in [0.1, 0.15) is 48.4 Å². The molecule has 1 heterocycles. The Hall–Kier alpha value is -1.47. The number of methoxy groups -OCH3 is 1. The molecular weight excluding hydrogens is 278 g/mol. The van der Waals surface area contributed by atoms with Gasteiger partial charge in [0.25, 0.3) is 5.91 Å². The molecule has 0 aliphatic heterocycles. The van der Waals surface area contributed by atoms with Gasteiger partial charge in [0, 0.05) is 13.2 Å². The Kier molecular flexibility index (Phi) is 4.72. The number of carbonyl (C=O) groups excluding carboxylic acids is 1. The molecule has 0 radical (unpaired) electrons. The van der Waals surface area contributed by atoms with Crippen LogP contribution in [0.15, 0.2) is 10.6 Å². The fraction of sp³-hybridized carbons (Fsp3) is 0.615. The van der Waals surface area contributed by atoms with Crippen LogP contribution in [-0.4, -0.2) is 28.7 Å². The van der Waals surface area contributed by atoms with Crippen molar-refractivity contribution in [1.29, 1.82) is 0 Å².